The van der Waals surface area contributed by atoms with Gasteiger partial charge in [0.1, 0.15) is 23.5 Å². The van der Waals surface area contributed by atoms with Crippen LogP contribution in [-0.2, 0) is 43.3 Å². The van der Waals surface area contributed by atoms with Crippen LogP contribution in [0.4, 0.5) is 0 Å². The first-order valence-electron chi connectivity index (χ1n) is 12.7. The van der Waals surface area contributed by atoms with Crippen LogP contribution in [0.25, 0.3) is 0 Å². The number of carbonyl (C=O) groups excluding carboxylic acids is 4. The van der Waals surface area contributed by atoms with Gasteiger partial charge in [-0.2, -0.15) is 0 Å². The number of sulfone groups is 1. The molecule has 3 fully saturated rings. The van der Waals surface area contributed by atoms with Crippen molar-refractivity contribution in [2.24, 2.45) is 5.73 Å². The predicted octanol–water partition coefficient (Wildman–Crippen LogP) is -0.757. The predicted molar refractivity (Wildman–Crippen MR) is 144 cm³/mol. The number of esters is 2. The lowest BCUT2D eigenvalue weighted by atomic mass is 9.98. The van der Waals surface area contributed by atoms with Crippen LogP contribution in [0.1, 0.15) is 45.7 Å². The van der Waals surface area contributed by atoms with Crippen molar-refractivity contribution in [1.29, 1.82) is 0 Å². The number of β-lactam (4-membered cyclic amide) rings is 1. The Balaban J connectivity index is 1.36. The summed E-state index contributed by atoms with van der Waals surface area (Å²) in [5, 5.41) is 13.1. The fourth-order valence-corrected chi connectivity index (χ4v) is 8.75. The average molecular weight is 613 g/mol. The summed E-state index contributed by atoms with van der Waals surface area (Å²) in [5.41, 5.74) is 6.49. The number of hydrogen-bond acceptors (Lipinski definition) is 12. The van der Waals surface area contributed by atoms with Gasteiger partial charge in [0, 0.05) is 4.75 Å². The molecule has 3 saturated heterocycles. The molecule has 41 heavy (non-hydrogen) atoms. The van der Waals surface area contributed by atoms with Crippen molar-refractivity contribution in [3.63, 3.8) is 0 Å². The number of aliphatic carboxylic acids is 1. The highest BCUT2D eigenvalue weighted by Crippen LogP contribution is 2.46. The van der Waals surface area contributed by atoms with E-state index < -0.39 is 90.8 Å². The fourth-order valence-electron chi connectivity index (χ4n) is 5.15. The van der Waals surface area contributed by atoms with Crippen LogP contribution in [0.3, 0.4) is 0 Å². The molecule has 16 heteroatoms. The zero-order valence-electron chi connectivity index (χ0n) is 22.7. The van der Waals surface area contributed by atoms with Crippen molar-refractivity contribution < 1.29 is 47.0 Å². The zero-order valence-corrected chi connectivity index (χ0v) is 24.4. The molecule has 6 atom stereocenters. The quantitative estimate of drug-likeness (QED) is 0.154. The average Bonchev–Trinajstić information content (AvgIpc) is 3.27. The lowest BCUT2D eigenvalue weighted by Gasteiger charge is -2.36. The molecule has 224 valence electrons. The van der Waals surface area contributed by atoms with Gasteiger partial charge >= 0.3 is 17.9 Å². The number of carboxylic acid groups (broad SMARTS) is 1. The molecule has 0 saturated carbocycles. The molecule has 2 unspecified atom stereocenters. The highest BCUT2D eigenvalue weighted by Gasteiger charge is 2.68. The van der Waals surface area contributed by atoms with E-state index >= 15 is 0 Å². The van der Waals surface area contributed by atoms with Gasteiger partial charge in [-0.25, -0.2) is 18.0 Å². The van der Waals surface area contributed by atoms with Crippen molar-refractivity contribution in [3.05, 3.63) is 35.9 Å². The van der Waals surface area contributed by atoms with Crippen LogP contribution >= 0.6 is 11.8 Å². The number of carboxylic acids is 1. The van der Waals surface area contributed by atoms with Gasteiger partial charge in [0.2, 0.25) is 18.6 Å². The number of nitrogens with one attached hydrogen (secondary N) is 2. The second-order valence-electron chi connectivity index (χ2n) is 11.0. The molecule has 0 spiro atoms. The lowest BCUT2D eigenvalue weighted by molar-refractivity contribution is -0.176. The summed E-state index contributed by atoms with van der Waals surface area (Å²) in [6.07, 6.45) is -0.207. The third-order valence-corrected chi connectivity index (χ3v) is 11.9. The molecule has 3 aliphatic rings. The normalized spacial score (nSPS) is 28.5. The van der Waals surface area contributed by atoms with Gasteiger partial charge in [0.15, 0.2) is 15.9 Å². The topological polar surface area (TPSA) is 211 Å². The van der Waals surface area contributed by atoms with Gasteiger partial charge in [-0.1, -0.05) is 30.3 Å². The Morgan fingerprint density at radius 2 is 1.76 bits per heavy atom. The zero-order chi connectivity index (χ0) is 30.5. The summed E-state index contributed by atoms with van der Waals surface area (Å²) in [6.45, 7) is 5.14. The Hall–Kier alpha value is -3.21. The maximum absolute atomic E-state index is 12.9. The van der Waals surface area contributed by atoms with Crippen LogP contribution < -0.4 is 16.4 Å². The summed E-state index contributed by atoms with van der Waals surface area (Å²) >= 11 is 1.09. The molecule has 5 N–H and O–H groups in total. The number of nitrogens with zero attached hydrogens (tertiary/aromatic N) is 1. The molecule has 0 radical (unpaired) electrons. The largest absolute Gasteiger partial charge is 0.480 e. The second-order valence-corrected chi connectivity index (χ2v) is 15.5. The smallest absolute Gasteiger partial charge is 0.333 e. The molecule has 4 rings (SSSR count). The third-order valence-electron chi connectivity index (χ3n) is 7.60. The molecule has 1 aromatic rings. The number of fused-ring (bicyclic) bond motifs is 1. The Kier molecular flexibility index (Phi) is 8.16. The van der Waals surface area contributed by atoms with Gasteiger partial charge in [-0.15, -0.1) is 11.8 Å². The first-order valence-corrected chi connectivity index (χ1v) is 15.1. The van der Waals surface area contributed by atoms with Gasteiger partial charge in [-0.3, -0.25) is 19.7 Å². The van der Waals surface area contributed by atoms with Crippen LogP contribution in [0.5, 0.6) is 0 Å². The van der Waals surface area contributed by atoms with E-state index in [9.17, 15) is 37.5 Å². The van der Waals surface area contributed by atoms with E-state index in [4.69, 9.17) is 15.2 Å². The molecule has 3 aliphatic heterocycles. The van der Waals surface area contributed by atoms with Gasteiger partial charge < -0.3 is 30.5 Å². The van der Waals surface area contributed by atoms with Gasteiger partial charge in [0.25, 0.3) is 0 Å². The molecule has 0 bridgehead atoms. The minimum atomic E-state index is -3.82. The van der Waals surface area contributed by atoms with E-state index in [0.29, 0.717) is 5.56 Å². The molecule has 2 amide bonds. The molecule has 0 aliphatic carbocycles. The van der Waals surface area contributed by atoms with E-state index in [2.05, 4.69) is 10.6 Å². The summed E-state index contributed by atoms with van der Waals surface area (Å²) in [7, 11) is -3.82. The second kappa shape index (κ2) is 10.9. The Bertz CT molecular complexity index is 1370. The number of benzene rings is 1. The number of ether oxygens (including phenoxy) is 2. The lowest BCUT2D eigenvalue weighted by Crippen LogP contribution is -2.57. The number of carbonyl (C=O) groups is 5. The van der Waals surface area contributed by atoms with Gasteiger partial charge in [0.05, 0.1) is 16.5 Å². The van der Waals surface area contributed by atoms with Crippen LogP contribution in [-0.4, -0.2) is 93.3 Å². The minimum absolute atomic E-state index is 0.207. The SMILES string of the molecule is CC1(C)SC(C(NC(=O)[C@@H](N)c2ccccc2)C(=O)O)N[C@@H]1C(=O)OCOC(=O)[C@H]1N2C(=O)C[C@@H]2S(=O)(=O)C1(C)C. The Morgan fingerprint density at radius 3 is 2.34 bits per heavy atom. The van der Waals surface area contributed by atoms with E-state index in [1.54, 1.807) is 44.2 Å². The highest BCUT2D eigenvalue weighted by atomic mass is 32.2. The van der Waals surface area contributed by atoms with Gasteiger partial charge in [-0.05, 0) is 33.3 Å². The molecule has 1 aromatic carbocycles. The van der Waals surface area contributed by atoms with Crippen LogP contribution in [0.2, 0.25) is 0 Å². The van der Waals surface area contributed by atoms with Crippen LogP contribution in [0.15, 0.2) is 30.3 Å². The van der Waals surface area contributed by atoms with Crippen molar-refractivity contribution in [1.82, 2.24) is 15.5 Å². The maximum Gasteiger partial charge on any atom is 0.333 e. The van der Waals surface area contributed by atoms with Crippen molar-refractivity contribution in [2.45, 2.75) is 78.5 Å². The number of amides is 2. The molecular weight excluding hydrogens is 580 g/mol. The fraction of sp³-hybridized carbons (Fsp3) is 0.560. The number of rotatable bonds is 9. The Labute approximate surface area is 240 Å². The van der Waals surface area contributed by atoms with E-state index in [1.807, 2.05) is 0 Å². The van der Waals surface area contributed by atoms with E-state index in [-0.39, 0.29) is 6.42 Å². The van der Waals surface area contributed by atoms with E-state index in [0.717, 1.165) is 16.7 Å². The highest BCUT2D eigenvalue weighted by molar-refractivity contribution is 8.01. The third kappa shape index (κ3) is 5.40. The minimum Gasteiger partial charge on any atom is -0.480 e. The van der Waals surface area contributed by atoms with Crippen LogP contribution in [0, 0.1) is 0 Å². The summed E-state index contributed by atoms with van der Waals surface area (Å²) in [6, 6.07) is 3.38. The van der Waals surface area contributed by atoms with Crippen molar-refractivity contribution >= 4 is 51.3 Å². The molecule has 14 nitrogen and oxygen atoms in total. The summed E-state index contributed by atoms with van der Waals surface area (Å²) < 4.78 is 33.1. The summed E-state index contributed by atoms with van der Waals surface area (Å²) in [4.78, 5) is 63.5. The maximum atomic E-state index is 12.9. The first kappa shape index (κ1) is 30.7. The van der Waals surface area contributed by atoms with Crippen molar-refractivity contribution in [3.8, 4) is 0 Å². The Morgan fingerprint density at radius 1 is 1.15 bits per heavy atom. The molecular formula is C25H32N4O10S2. The standard InChI is InChI=1S/C25H32N4O10S2/c1-24(2)17(28-20(40-24)16(21(32)33)27-19(31)15(26)12-8-6-5-7-9-12)22(34)38-11-39-23(35)18-25(3,4)41(36,37)14-10-13(30)29(14)18/h5-9,14-18,20,28H,10-11,26H2,1-4H3,(H,27,31)(H,32,33)/t14-,15-,16?,17+,18+,20?/m0/s1. The first-order chi connectivity index (χ1) is 19.0. The van der Waals surface area contributed by atoms with Crippen molar-refractivity contribution in [2.75, 3.05) is 6.79 Å². The monoisotopic (exact) mass is 612 g/mol. The number of hydrogen-bond donors (Lipinski definition) is 4. The summed E-state index contributed by atoms with van der Waals surface area (Å²) in [5.74, 6) is -4.47. The number of thioether (sulfide) groups is 1. The molecule has 3 heterocycles. The van der Waals surface area contributed by atoms with E-state index in [1.165, 1.54) is 13.8 Å². The number of nitrogens with two attached hydrogens (primary N) is 1. The molecule has 0 aromatic heterocycles.